The predicted octanol–water partition coefficient (Wildman–Crippen LogP) is -0.861. The quantitative estimate of drug-likeness (QED) is 0.562. The molecular formula is C16H29N3O6. The standard InChI is InChI=1S/C16H29N3O6/c1-5-11(20)8-17-14(22)18(9-12(21)6-2)16(24)19(15(17)23)10-13(7-3)25-4/h11-13,20-21H,5-10H2,1-4H3. The van der Waals surface area contributed by atoms with Crippen LogP contribution in [0.25, 0.3) is 0 Å². The minimum atomic E-state index is -0.884. The Balaban J connectivity index is 3.56. The molecule has 3 atom stereocenters. The summed E-state index contributed by atoms with van der Waals surface area (Å²) in [5.41, 5.74) is -2.38. The Labute approximate surface area is 146 Å². The maximum Gasteiger partial charge on any atom is 0.336 e. The van der Waals surface area contributed by atoms with Crippen molar-refractivity contribution in [1.29, 1.82) is 0 Å². The van der Waals surface area contributed by atoms with Gasteiger partial charge in [0, 0.05) is 7.11 Å². The zero-order chi connectivity index (χ0) is 19.1. The van der Waals surface area contributed by atoms with Gasteiger partial charge in [-0.3, -0.25) is 0 Å². The molecule has 0 radical (unpaired) electrons. The highest BCUT2D eigenvalue weighted by molar-refractivity contribution is 4.82. The van der Waals surface area contributed by atoms with E-state index in [4.69, 9.17) is 4.74 Å². The Morgan fingerprint density at radius 3 is 1.40 bits per heavy atom. The van der Waals surface area contributed by atoms with Gasteiger partial charge in [0.05, 0.1) is 37.9 Å². The van der Waals surface area contributed by atoms with Crippen molar-refractivity contribution in [1.82, 2.24) is 13.7 Å². The number of methoxy groups -OCH3 is 1. The lowest BCUT2D eigenvalue weighted by Crippen LogP contribution is -2.57. The van der Waals surface area contributed by atoms with Gasteiger partial charge in [-0.25, -0.2) is 28.1 Å². The molecule has 9 nitrogen and oxygen atoms in total. The van der Waals surface area contributed by atoms with Crippen molar-refractivity contribution in [3.8, 4) is 0 Å². The first-order valence-corrected chi connectivity index (χ1v) is 8.63. The van der Waals surface area contributed by atoms with Crippen LogP contribution < -0.4 is 17.1 Å². The first kappa shape index (κ1) is 21.3. The fourth-order valence-corrected chi connectivity index (χ4v) is 2.40. The predicted molar refractivity (Wildman–Crippen MR) is 92.9 cm³/mol. The number of aliphatic hydroxyl groups is 2. The highest BCUT2D eigenvalue weighted by Gasteiger charge is 2.20. The molecule has 0 bridgehead atoms. The number of ether oxygens (including phenoxy) is 1. The van der Waals surface area contributed by atoms with E-state index in [1.807, 2.05) is 6.92 Å². The summed E-state index contributed by atoms with van der Waals surface area (Å²) in [4.78, 5) is 37.8. The van der Waals surface area contributed by atoms with E-state index in [1.54, 1.807) is 13.8 Å². The highest BCUT2D eigenvalue weighted by Crippen LogP contribution is 1.98. The summed E-state index contributed by atoms with van der Waals surface area (Å²) in [6.07, 6.45) is -0.833. The average Bonchev–Trinajstić information content (AvgIpc) is 2.62. The van der Waals surface area contributed by atoms with Gasteiger partial charge in [0.15, 0.2) is 0 Å². The van der Waals surface area contributed by atoms with Crippen molar-refractivity contribution in [2.45, 2.75) is 78.0 Å². The fourth-order valence-electron chi connectivity index (χ4n) is 2.40. The van der Waals surface area contributed by atoms with Gasteiger partial charge < -0.3 is 14.9 Å². The summed E-state index contributed by atoms with van der Waals surface area (Å²) in [5, 5.41) is 19.7. The summed E-state index contributed by atoms with van der Waals surface area (Å²) >= 11 is 0. The van der Waals surface area contributed by atoms with Crippen LogP contribution in [-0.4, -0.2) is 49.3 Å². The summed E-state index contributed by atoms with van der Waals surface area (Å²) < 4.78 is 7.86. The van der Waals surface area contributed by atoms with Gasteiger partial charge in [0.25, 0.3) is 0 Å². The Kier molecular flexibility index (Phi) is 8.27. The number of nitrogens with zero attached hydrogens (tertiary/aromatic N) is 3. The molecule has 1 aromatic heterocycles. The molecule has 0 saturated heterocycles. The van der Waals surface area contributed by atoms with E-state index in [0.29, 0.717) is 19.3 Å². The lowest BCUT2D eigenvalue weighted by molar-refractivity contribution is 0.0790. The Morgan fingerprint density at radius 2 is 1.12 bits per heavy atom. The Morgan fingerprint density at radius 1 is 0.760 bits per heavy atom. The van der Waals surface area contributed by atoms with Crippen LogP contribution in [0.3, 0.4) is 0 Å². The summed E-state index contributed by atoms with van der Waals surface area (Å²) in [6.45, 7) is 4.89. The second kappa shape index (κ2) is 9.69. The third-order valence-corrected chi connectivity index (χ3v) is 4.29. The van der Waals surface area contributed by atoms with Crippen molar-refractivity contribution in [3.05, 3.63) is 31.5 Å². The van der Waals surface area contributed by atoms with E-state index in [-0.39, 0.29) is 25.7 Å². The van der Waals surface area contributed by atoms with Gasteiger partial charge in [-0.2, -0.15) is 0 Å². The largest absolute Gasteiger partial charge is 0.391 e. The van der Waals surface area contributed by atoms with Crippen molar-refractivity contribution in [3.63, 3.8) is 0 Å². The normalized spacial score (nSPS) is 15.1. The van der Waals surface area contributed by atoms with Crippen LogP contribution >= 0.6 is 0 Å². The molecule has 3 unspecified atom stereocenters. The molecule has 0 aliphatic carbocycles. The summed E-state index contributed by atoms with van der Waals surface area (Å²) in [7, 11) is 1.48. The smallest absolute Gasteiger partial charge is 0.336 e. The second-order valence-electron chi connectivity index (χ2n) is 6.07. The van der Waals surface area contributed by atoms with E-state index < -0.39 is 29.3 Å². The van der Waals surface area contributed by atoms with Gasteiger partial charge in [-0.05, 0) is 19.3 Å². The highest BCUT2D eigenvalue weighted by atomic mass is 16.5. The van der Waals surface area contributed by atoms with E-state index in [2.05, 4.69) is 0 Å². The number of rotatable bonds is 10. The SMILES string of the molecule is CCC(O)Cn1c(=O)n(CC(O)CC)c(=O)n(CC(CC)OC)c1=O. The molecule has 0 aromatic carbocycles. The maximum absolute atomic E-state index is 12.6. The minimum absolute atomic E-state index is 0.00458. The zero-order valence-electron chi connectivity index (χ0n) is 15.3. The van der Waals surface area contributed by atoms with Gasteiger partial charge in [0.2, 0.25) is 0 Å². The lowest BCUT2D eigenvalue weighted by Gasteiger charge is -2.19. The molecule has 25 heavy (non-hydrogen) atoms. The lowest BCUT2D eigenvalue weighted by atomic mass is 10.2. The molecule has 0 saturated carbocycles. The molecule has 144 valence electrons. The molecule has 2 N–H and O–H groups in total. The fraction of sp³-hybridized carbons (Fsp3) is 0.812. The van der Waals surface area contributed by atoms with Crippen LogP contribution in [0, 0.1) is 0 Å². The van der Waals surface area contributed by atoms with Gasteiger partial charge in [-0.15, -0.1) is 0 Å². The minimum Gasteiger partial charge on any atom is -0.391 e. The molecule has 0 aliphatic heterocycles. The monoisotopic (exact) mass is 359 g/mol. The molecule has 0 amide bonds. The number of hydrogen-bond donors (Lipinski definition) is 2. The number of hydrogen-bond acceptors (Lipinski definition) is 6. The third-order valence-electron chi connectivity index (χ3n) is 4.29. The van der Waals surface area contributed by atoms with Crippen molar-refractivity contribution >= 4 is 0 Å². The van der Waals surface area contributed by atoms with E-state index in [1.165, 1.54) is 7.11 Å². The second-order valence-corrected chi connectivity index (χ2v) is 6.07. The van der Waals surface area contributed by atoms with Gasteiger partial charge >= 0.3 is 17.1 Å². The summed E-state index contributed by atoms with van der Waals surface area (Å²) in [6, 6.07) is 0. The third kappa shape index (κ3) is 5.13. The van der Waals surface area contributed by atoms with Crippen LogP contribution in [0.2, 0.25) is 0 Å². The number of aromatic nitrogens is 3. The molecular weight excluding hydrogens is 330 g/mol. The first-order valence-electron chi connectivity index (χ1n) is 8.63. The molecule has 9 heteroatoms. The van der Waals surface area contributed by atoms with E-state index in [0.717, 1.165) is 13.7 Å². The number of aliphatic hydroxyl groups excluding tert-OH is 2. The molecule has 0 spiro atoms. The van der Waals surface area contributed by atoms with E-state index >= 15 is 0 Å². The summed E-state index contributed by atoms with van der Waals surface area (Å²) in [5.74, 6) is 0. The van der Waals surface area contributed by atoms with E-state index in [9.17, 15) is 24.6 Å². The first-order chi connectivity index (χ1) is 11.8. The van der Waals surface area contributed by atoms with Crippen LogP contribution in [0.1, 0.15) is 40.0 Å². The molecule has 1 rings (SSSR count). The maximum atomic E-state index is 12.6. The Bertz CT molecular complexity index is 666. The molecule has 1 aromatic rings. The van der Waals surface area contributed by atoms with Gasteiger partial charge in [-0.1, -0.05) is 20.8 Å². The van der Waals surface area contributed by atoms with Crippen LogP contribution in [0.5, 0.6) is 0 Å². The molecule has 0 fully saturated rings. The van der Waals surface area contributed by atoms with Crippen molar-refractivity contribution in [2.75, 3.05) is 7.11 Å². The van der Waals surface area contributed by atoms with Crippen molar-refractivity contribution < 1.29 is 14.9 Å². The van der Waals surface area contributed by atoms with Crippen LogP contribution in [-0.2, 0) is 24.4 Å². The topological polar surface area (TPSA) is 116 Å². The van der Waals surface area contributed by atoms with Crippen LogP contribution in [0.4, 0.5) is 0 Å². The Hall–Kier alpha value is -1.71. The van der Waals surface area contributed by atoms with Crippen LogP contribution in [0.15, 0.2) is 14.4 Å². The molecule has 1 heterocycles. The van der Waals surface area contributed by atoms with Crippen molar-refractivity contribution in [2.24, 2.45) is 0 Å². The molecule has 0 aliphatic rings. The zero-order valence-corrected chi connectivity index (χ0v) is 15.3. The average molecular weight is 359 g/mol. The van der Waals surface area contributed by atoms with Gasteiger partial charge in [0.1, 0.15) is 0 Å².